The number of benzene rings is 2. The molecule has 1 aliphatic rings. The minimum Gasteiger partial charge on any atom is -0.465 e. The van der Waals surface area contributed by atoms with E-state index in [2.05, 4.69) is 37.2 Å². The number of amides is 1. The van der Waals surface area contributed by atoms with Gasteiger partial charge in [-0.1, -0.05) is 48.3 Å². The molecule has 1 aliphatic carbocycles. The fourth-order valence-electron chi connectivity index (χ4n) is 4.68. The lowest BCUT2D eigenvalue weighted by molar-refractivity contribution is 0.185. The molecule has 0 radical (unpaired) electrons. The predicted octanol–water partition coefficient (Wildman–Crippen LogP) is 5.99. The van der Waals surface area contributed by atoms with Crippen LogP contribution in [0.1, 0.15) is 62.9 Å². The van der Waals surface area contributed by atoms with Crippen molar-refractivity contribution < 1.29 is 18.3 Å². The Labute approximate surface area is 244 Å². The van der Waals surface area contributed by atoms with E-state index in [1.54, 1.807) is 12.3 Å². The van der Waals surface area contributed by atoms with Crippen LogP contribution in [0.3, 0.4) is 0 Å². The van der Waals surface area contributed by atoms with Crippen molar-refractivity contribution in [1.82, 2.24) is 19.7 Å². The molecule has 0 bridgehead atoms. The predicted molar refractivity (Wildman–Crippen MR) is 163 cm³/mol. The molecule has 5 N–H and O–H groups in total. The summed E-state index contributed by atoms with van der Waals surface area (Å²) in [6, 6.07) is 15.5. The van der Waals surface area contributed by atoms with Gasteiger partial charge in [0.25, 0.3) is 0 Å². The number of nitrogens with zero attached hydrogens (tertiary/aromatic N) is 1. The van der Waals surface area contributed by atoms with Gasteiger partial charge < -0.3 is 15.7 Å². The topological polar surface area (TPSA) is 132 Å². The first-order chi connectivity index (χ1) is 19.0. The second kappa shape index (κ2) is 13.3. The van der Waals surface area contributed by atoms with Crippen LogP contribution in [0, 0.1) is 0 Å². The summed E-state index contributed by atoms with van der Waals surface area (Å²) in [4.78, 5) is 16.6. The molecule has 1 aromatic heterocycles. The largest absolute Gasteiger partial charge is 0.465 e. The number of nitrogens with one attached hydrogen (secondary N) is 4. The van der Waals surface area contributed by atoms with Gasteiger partial charge in [0, 0.05) is 41.5 Å². The SMILES string of the molecule is CC(C)(C)NS(=O)(=O)c1cc(NCSNCc2ccccc2)ccc1-c1cnc(C2CCC(NC(=O)O)CC2)s1. The highest BCUT2D eigenvalue weighted by molar-refractivity contribution is 7.97. The van der Waals surface area contributed by atoms with Crippen LogP contribution in [0.25, 0.3) is 10.4 Å². The van der Waals surface area contributed by atoms with Crippen molar-refractivity contribution in [2.75, 3.05) is 11.2 Å². The summed E-state index contributed by atoms with van der Waals surface area (Å²) in [6.07, 6.45) is 3.97. The van der Waals surface area contributed by atoms with E-state index in [1.807, 2.05) is 51.1 Å². The Hall–Kier alpha value is -2.64. The number of carbonyl (C=O) groups is 1. The monoisotopic (exact) mass is 603 g/mol. The smallest absolute Gasteiger partial charge is 0.404 e. The second-order valence-corrected chi connectivity index (χ2v) is 14.5. The first-order valence-corrected chi connectivity index (χ1v) is 16.5. The van der Waals surface area contributed by atoms with Gasteiger partial charge >= 0.3 is 6.09 Å². The highest BCUT2D eigenvalue weighted by atomic mass is 32.2. The number of hydrogen-bond donors (Lipinski definition) is 5. The normalized spacial score (nSPS) is 17.9. The summed E-state index contributed by atoms with van der Waals surface area (Å²) in [5.74, 6) is 0.794. The minimum absolute atomic E-state index is 0.0276. The third-order valence-corrected chi connectivity index (χ3v) is 10.1. The maximum Gasteiger partial charge on any atom is 0.404 e. The van der Waals surface area contributed by atoms with E-state index in [4.69, 9.17) is 5.11 Å². The number of thiazole rings is 1. The van der Waals surface area contributed by atoms with E-state index in [0.717, 1.165) is 42.1 Å². The van der Waals surface area contributed by atoms with E-state index in [9.17, 15) is 13.2 Å². The van der Waals surface area contributed by atoms with Crippen molar-refractivity contribution in [3.05, 3.63) is 65.3 Å². The van der Waals surface area contributed by atoms with Crippen molar-refractivity contribution >= 4 is 45.1 Å². The van der Waals surface area contributed by atoms with E-state index >= 15 is 0 Å². The average Bonchev–Trinajstić information content (AvgIpc) is 3.38. The Morgan fingerprint density at radius 1 is 1.10 bits per heavy atom. The van der Waals surface area contributed by atoms with Crippen molar-refractivity contribution in [3.63, 3.8) is 0 Å². The maximum absolute atomic E-state index is 13.5. The van der Waals surface area contributed by atoms with E-state index < -0.39 is 21.7 Å². The summed E-state index contributed by atoms with van der Waals surface area (Å²) in [7, 11) is -3.82. The highest BCUT2D eigenvalue weighted by Gasteiger charge is 2.28. The van der Waals surface area contributed by atoms with Gasteiger partial charge in [-0.15, -0.1) is 11.3 Å². The summed E-state index contributed by atoms with van der Waals surface area (Å²) in [5.41, 5.74) is 1.87. The first-order valence-electron chi connectivity index (χ1n) is 13.3. The fourth-order valence-corrected chi connectivity index (χ4v) is 8.14. The Bertz CT molecular complexity index is 1380. The molecular formula is C28H37N5O4S3. The Kier molecular flexibility index (Phi) is 10.1. The lowest BCUT2D eigenvalue weighted by Gasteiger charge is -2.27. The number of aromatic nitrogens is 1. The van der Waals surface area contributed by atoms with Gasteiger partial charge in [-0.2, -0.15) is 0 Å². The number of anilines is 1. The number of sulfonamides is 1. The quantitative estimate of drug-likeness (QED) is 0.103. The van der Waals surface area contributed by atoms with Crippen molar-refractivity contribution in [3.8, 4) is 10.4 Å². The summed E-state index contributed by atoms with van der Waals surface area (Å²) >= 11 is 3.03. The zero-order chi connectivity index (χ0) is 28.8. The van der Waals surface area contributed by atoms with Gasteiger partial charge in [0.15, 0.2) is 0 Å². The molecule has 0 aliphatic heterocycles. The third-order valence-electron chi connectivity index (χ3n) is 6.47. The van der Waals surface area contributed by atoms with Gasteiger partial charge in [0.1, 0.15) is 0 Å². The van der Waals surface area contributed by atoms with Gasteiger partial charge in [-0.05, 0) is 64.2 Å². The molecule has 1 saturated carbocycles. The maximum atomic E-state index is 13.5. The Balaban J connectivity index is 1.48. The zero-order valence-electron chi connectivity index (χ0n) is 22.9. The van der Waals surface area contributed by atoms with Crippen LogP contribution in [0.4, 0.5) is 10.5 Å². The molecule has 1 fully saturated rings. The summed E-state index contributed by atoms with van der Waals surface area (Å²) in [5, 5.41) is 15.8. The molecule has 0 spiro atoms. The van der Waals surface area contributed by atoms with Crippen LogP contribution in [-0.4, -0.2) is 42.1 Å². The van der Waals surface area contributed by atoms with Gasteiger partial charge in [-0.3, -0.25) is 4.72 Å². The average molecular weight is 604 g/mol. The molecule has 0 saturated heterocycles. The molecule has 216 valence electrons. The molecule has 0 atom stereocenters. The van der Waals surface area contributed by atoms with Gasteiger partial charge in [0.05, 0.1) is 20.7 Å². The van der Waals surface area contributed by atoms with Gasteiger partial charge in [0.2, 0.25) is 10.0 Å². The lowest BCUT2D eigenvalue weighted by Crippen LogP contribution is -2.40. The van der Waals surface area contributed by atoms with E-state index in [-0.39, 0.29) is 16.9 Å². The molecule has 1 amide bonds. The van der Waals surface area contributed by atoms with Crippen LogP contribution in [0.15, 0.2) is 59.6 Å². The van der Waals surface area contributed by atoms with Crippen LogP contribution in [-0.2, 0) is 16.6 Å². The van der Waals surface area contributed by atoms with Crippen molar-refractivity contribution in [2.45, 2.75) is 75.4 Å². The van der Waals surface area contributed by atoms with Crippen LogP contribution in [0.5, 0.6) is 0 Å². The van der Waals surface area contributed by atoms with Gasteiger partial charge in [-0.25, -0.2) is 22.9 Å². The molecule has 4 rings (SSSR count). The summed E-state index contributed by atoms with van der Waals surface area (Å²) < 4.78 is 33.2. The van der Waals surface area contributed by atoms with Crippen molar-refractivity contribution in [2.24, 2.45) is 0 Å². The molecule has 12 heteroatoms. The lowest BCUT2D eigenvalue weighted by atomic mass is 9.86. The van der Waals surface area contributed by atoms with Crippen LogP contribution >= 0.6 is 23.3 Å². The molecule has 2 aromatic carbocycles. The highest BCUT2D eigenvalue weighted by Crippen LogP contribution is 2.40. The molecule has 40 heavy (non-hydrogen) atoms. The third kappa shape index (κ3) is 8.68. The number of carboxylic acid groups (broad SMARTS) is 1. The van der Waals surface area contributed by atoms with E-state index in [0.29, 0.717) is 17.1 Å². The molecule has 1 heterocycles. The number of hydrogen-bond acceptors (Lipinski definition) is 8. The molecule has 9 nitrogen and oxygen atoms in total. The fraction of sp³-hybridized carbons (Fsp3) is 0.429. The van der Waals surface area contributed by atoms with Crippen LogP contribution in [0.2, 0.25) is 0 Å². The van der Waals surface area contributed by atoms with Crippen LogP contribution < -0.4 is 20.1 Å². The Morgan fingerprint density at radius 2 is 1.82 bits per heavy atom. The first kappa shape index (κ1) is 30.3. The molecule has 0 unspecified atom stereocenters. The molecular weight excluding hydrogens is 567 g/mol. The second-order valence-electron chi connectivity index (χ2n) is 10.9. The molecule has 3 aromatic rings. The number of rotatable bonds is 11. The summed E-state index contributed by atoms with van der Waals surface area (Å²) in [6.45, 7) is 6.19. The van der Waals surface area contributed by atoms with Crippen molar-refractivity contribution in [1.29, 1.82) is 0 Å². The minimum atomic E-state index is -3.82. The Morgan fingerprint density at radius 3 is 2.50 bits per heavy atom. The zero-order valence-corrected chi connectivity index (χ0v) is 25.4. The van der Waals surface area contributed by atoms with E-state index in [1.165, 1.54) is 28.8 Å². The standard InChI is InChI=1S/C28H37N5O4S3/c1-28(2,3)33-40(36,37)25-15-22(30-18-38-31-16-19-7-5-4-6-8-19)13-14-23(25)24-17-29-26(39-24)20-9-11-21(12-10-20)32-27(34)35/h4-8,13-15,17,20-21,30-33H,9-12,16,18H2,1-3H3,(H,34,35).